The molecule has 1 aliphatic heterocycles. The van der Waals surface area contributed by atoms with Crippen LogP contribution in [-0.4, -0.2) is 23.2 Å². The Morgan fingerprint density at radius 2 is 2.04 bits per heavy atom. The number of aryl methyl sites for hydroxylation is 1. The molecule has 1 atom stereocenters. The normalized spacial score (nSPS) is 17.8. The Morgan fingerprint density at radius 3 is 2.83 bits per heavy atom. The molecule has 1 unspecified atom stereocenters. The smallest absolute Gasteiger partial charge is 0.224 e. The summed E-state index contributed by atoms with van der Waals surface area (Å²) >= 11 is 1.82. The molecule has 0 bridgehead atoms. The Morgan fingerprint density at radius 1 is 1.21 bits per heavy atom. The molecule has 3 nitrogen and oxygen atoms in total. The largest absolute Gasteiger partial charge is 0.493 e. The van der Waals surface area contributed by atoms with Crippen LogP contribution in [0.1, 0.15) is 35.4 Å². The van der Waals surface area contributed by atoms with Gasteiger partial charge in [-0.1, -0.05) is 48.0 Å². The van der Waals surface area contributed by atoms with Gasteiger partial charge in [0.25, 0.3) is 0 Å². The first kappa shape index (κ1) is 16.9. The zero-order valence-corrected chi connectivity index (χ0v) is 15.0. The van der Waals surface area contributed by atoms with Crippen LogP contribution in [0, 0.1) is 6.92 Å². The molecule has 1 aliphatic rings. The van der Waals surface area contributed by atoms with Gasteiger partial charge < -0.3 is 9.64 Å². The van der Waals surface area contributed by atoms with Gasteiger partial charge in [0.05, 0.1) is 6.61 Å². The minimum Gasteiger partial charge on any atom is -0.493 e. The van der Waals surface area contributed by atoms with E-state index in [1.807, 2.05) is 41.8 Å². The van der Waals surface area contributed by atoms with Crippen molar-refractivity contribution in [3.05, 3.63) is 65.2 Å². The first-order valence-electron chi connectivity index (χ1n) is 8.37. The SMILES string of the molecule is CCOc1ccccc1C1SCCC(=O)N1Cc1cccc(C)c1. The number of thioether (sulfide) groups is 1. The highest BCUT2D eigenvalue weighted by molar-refractivity contribution is 7.99. The number of benzene rings is 2. The predicted molar refractivity (Wildman–Crippen MR) is 99.2 cm³/mol. The molecule has 1 amide bonds. The van der Waals surface area contributed by atoms with Crippen LogP contribution < -0.4 is 4.74 Å². The van der Waals surface area contributed by atoms with Crippen LogP contribution in [0.2, 0.25) is 0 Å². The van der Waals surface area contributed by atoms with Crippen molar-refractivity contribution in [2.24, 2.45) is 0 Å². The minimum absolute atomic E-state index is 0.00881. The molecule has 2 aromatic rings. The zero-order valence-electron chi connectivity index (χ0n) is 14.2. The fraction of sp³-hybridized carbons (Fsp3) is 0.350. The molecule has 4 heteroatoms. The lowest BCUT2D eigenvalue weighted by Crippen LogP contribution is -2.36. The first-order chi connectivity index (χ1) is 11.7. The van der Waals surface area contributed by atoms with E-state index in [1.165, 1.54) is 11.1 Å². The van der Waals surface area contributed by atoms with E-state index in [0.717, 1.165) is 17.1 Å². The summed E-state index contributed by atoms with van der Waals surface area (Å²) in [6, 6.07) is 16.4. The summed E-state index contributed by atoms with van der Waals surface area (Å²) in [6.45, 7) is 5.33. The molecular weight excluding hydrogens is 318 g/mol. The van der Waals surface area contributed by atoms with Gasteiger partial charge in [-0.05, 0) is 25.5 Å². The van der Waals surface area contributed by atoms with Crippen molar-refractivity contribution in [2.45, 2.75) is 32.2 Å². The molecule has 126 valence electrons. The maximum atomic E-state index is 12.6. The van der Waals surface area contributed by atoms with E-state index < -0.39 is 0 Å². The summed E-state index contributed by atoms with van der Waals surface area (Å²) in [5, 5.41) is 0.00881. The molecule has 0 aliphatic carbocycles. The molecule has 0 saturated carbocycles. The number of carbonyl (C=O) groups excluding carboxylic acids is 1. The van der Waals surface area contributed by atoms with Crippen molar-refractivity contribution in [3.8, 4) is 5.75 Å². The van der Waals surface area contributed by atoms with Gasteiger partial charge in [-0.25, -0.2) is 0 Å². The van der Waals surface area contributed by atoms with E-state index in [0.29, 0.717) is 19.6 Å². The average molecular weight is 341 g/mol. The number of rotatable bonds is 5. The summed E-state index contributed by atoms with van der Waals surface area (Å²) in [5.74, 6) is 1.95. The van der Waals surface area contributed by atoms with E-state index in [9.17, 15) is 4.79 Å². The Bertz CT molecular complexity index is 716. The maximum absolute atomic E-state index is 12.6. The second-order valence-corrected chi connectivity index (χ2v) is 7.14. The van der Waals surface area contributed by atoms with Crippen molar-refractivity contribution in [2.75, 3.05) is 12.4 Å². The summed E-state index contributed by atoms with van der Waals surface area (Å²) in [7, 11) is 0. The highest BCUT2D eigenvalue weighted by Crippen LogP contribution is 2.42. The van der Waals surface area contributed by atoms with Crippen molar-refractivity contribution in [1.29, 1.82) is 0 Å². The molecule has 24 heavy (non-hydrogen) atoms. The molecule has 1 fully saturated rings. The molecular formula is C20H23NO2S. The monoisotopic (exact) mass is 341 g/mol. The highest BCUT2D eigenvalue weighted by atomic mass is 32.2. The summed E-state index contributed by atoms with van der Waals surface area (Å²) < 4.78 is 5.79. The number of hydrogen-bond acceptors (Lipinski definition) is 3. The maximum Gasteiger partial charge on any atom is 0.224 e. The quantitative estimate of drug-likeness (QED) is 0.798. The van der Waals surface area contributed by atoms with Crippen molar-refractivity contribution >= 4 is 17.7 Å². The lowest BCUT2D eigenvalue weighted by atomic mass is 10.1. The van der Waals surface area contributed by atoms with Gasteiger partial charge in [0.2, 0.25) is 5.91 Å². The van der Waals surface area contributed by atoms with Gasteiger partial charge in [0.1, 0.15) is 11.1 Å². The van der Waals surface area contributed by atoms with Crippen molar-refractivity contribution < 1.29 is 9.53 Å². The van der Waals surface area contributed by atoms with Crippen LogP contribution in [0.4, 0.5) is 0 Å². The number of para-hydroxylation sites is 1. The first-order valence-corrected chi connectivity index (χ1v) is 9.42. The van der Waals surface area contributed by atoms with Crippen LogP contribution >= 0.6 is 11.8 Å². The lowest BCUT2D eigenvalue weighted by Gasteiger charge is -2.36. The standard InChI is InChI=1S/C20H23NO2S/c1-3-23-18-10-5-4-9-17(18)20-21(19(22)11-12-24-20)14-16-8-6-7-15(2)13-16/h4-10,13,20H,3,11-12,14H2,1-2H3. The third-order valence-electron chi connectivity index (χ3n) is 4.12. The number of ether oxygens (including phenoxy) is 1. The highest BCUT2D eigenvalue weighted by Gasteiger charge is 2.31. The fourth-order valence-corrected chi connectivity index (χ4v) is 4.29. The Kier molecular flexibility index (Phi) is 5.46. The van der Waals surface area contributed by atoms with E-state index in [-0.39, 0.29) is 11.3 Å². The zero-order chi connectivity index (χ0) is 16.9. The van der Waals surface area contributed by atoms with E-state index in [2.05, 4.69) is 37.3 Å². The van der Waals surface area contributed by atoms with E-state index in [4.69, 9.17) is 4.74 Å². The minimum atomic E-state index is 0.00881. The van der Waals surface area contributed by atoms with E-state index in [1.54, 1.807) is 0 Å². The topological polar surface area (TPSA) is 29.5 Å². The van der Waals surface area contributed by atoms with Gasteiger partial charge in [-0.3, -0.25) is 4.79 Å². The average Bonchev–Trinajstić information content (AvgIpc) is 2.58. The molecule has 1 heterocycles. The summed E-state index contributed by atoms with van der Waals surface area (Å²) in [5.41, 5.74) is 3.48. The van der Waals surface area contributed by atoms with Gasteiger partial charge in [0, 0.05) is 24.3 Å². The van der Waals surface area contributed by atoms with Crippen molar-refractivity contribution in [3.63, 3.8) is 0 Å². The lowest BCUT2D eigenvalue weighted by molar-refractivity contribution is -0.132. The Hall–Kier alpha value is -1.94. The molecule has 2 aromatic carbocycles. The van der Waals surface area contributed by atoms with Crippen LogP contribution in [0.15, 0.2) is 48.5 Å². The number of amides is 1. The molecule has 0 aromatic heterocycles. The molecule has 0 radical (unpaired) electrons. The van der Waals surface area contributed by atoms with Crippen LogP contribution in [-0.2, 0) is 11.3 Å². The van der Waals surface area contributed by atoms with Crippen LogP contribution in [0.5, 0.6) is 5.75 Å². The number of nitrogens with zero attached hydrogens (tertiary/aromatic N) is 1. The third kappa shape index (κ3) is 3.75. The van der Waals surface area contributed by atoms with Gasteiger partial charge in [-0.2, -0.15) is 0 Å². The molecule has 0 spiro atoms. The molecule has 1 saturated heterocycles. The predicted octanol–water partition coefficient (Wildman–Crippen LogP) is 4.56. The number of carbonyl (C=O) groups is 1. The van der Waals surface area contributed by atoms with Crippen LogP contribution in [0.25, 0.3) is 0 Å². The van der Waals surface area contributed by atoms with Gasteiger partial charge in [-0.15, -0.1) is 11.8 Å². The molecule has 3 rings (SSSR count). The second kappa shape index (κ2) is 7.75. The number of hydrogen-bond donors (Lipinski definition) is 0. The van der Waals surface area contributed by atoms with E-state index >= 15 is 0 Å². The van der Waals surface area contributed by atoms with Crippen LogP contribution in [0.3, 0.4) is 0 Å². The fourth-order valence-electron chi connectivity index (χ4n) is 3.03. The third-order valence-corrected chi connectivity index (χ3v) is 5.38. The molecule has 0 N–H and O–H groups in total. The van der Waals surface area contributed by atoms with Gasteiger partial charge >= 0.3 is 0 Å². The summed E-state index contributed by atoms with van der Waals surface area (Å²) in [6.07, 6.45) is 0.601. The van der Waals surface area contributed by atoms with Crippen molar-refractivity contribution in [1.82, 2.24) is 4.90 Å². The van der Waals surface area contributed by atoms with Gasteiger partial charge in [0.15, 0.2) is 0 Å². The Labute approximate surface area is 148 Å². The Balaban J connectivity index is 1.91. The second-order valence-electron chi connectivity index (χ2n) is 5.95. The summed E-state index contributed by atoms with van der Waals surface area (Å²) in [4.78, 5) is 14.6.